The number of fused-ring (bicyclic) bond motifs is 1. The van der Waals surface area contributed by atoms with Gasteiger partial charge in [0.25, 0.3) is 0 Å². The van der Waals surface area contributed by atoms with Gasteiger partial charge in [-0.2, -0.15) is 0 Å². The number of methoxy groups -OCH3 is 1. The van der Waals surface area contributed by atoms with Crippen LogP contribution < -0.4 is 10.1 Å². The number of hydrogen-bond acceptors (Lipinski definition) is 6. The zero-order valence-corrected chi connectivity index (χ0v) is 18.3. The maximum Gasteiger partial charge on any atom is 0.168 e. The molecule has 0 bridgehead atoms. The van der Waals surface area contributed by atoms with E-state index in [4.69, 9.17) is 19.4 Å². The Labute approximate surface area is 178 Å². The van der Waals surface area contributed by atoms with Crippen molar-refractivity contribution in [2.24, 2.45) is 0 Å². The van der Waals surface area contributed by atoms with E-state index in [1.807, 2.05) is 29.7 Å². The molecule has 1 aromatic rings. The number of aromatic nitrogens is 4. The zero-order valence-electron chi connectivity index (χ0n) is 18.3. The summed E-state index contributed by atoms with van der Waals surface area (Å²) in [6, 6.07) is 8.14. The number of rotatable bonds is 8. The third-order valence-electron chi connectivity index (χ3n) is 5.52. The molecule has 1 aromatic carbocycles. The maximum atomic E-state index is 6.20. The van der Waals surface area contributed by atoms with E-state index in [1.54, 1.807) is 13.4 Å². The number of nitrogens with one attached hydrogen (secondary N) is 1. The number of hydrogen-bond donors (Lipinski definition) is 1. The number of anilines is 1. The number of ether oxygens (including phenoxy) is 2. The SMILES string of the molecule is CCNc1ncn(C(OC)c2cccc(OC3CCCC3)c2)c2nc(C(C)C)nc1-2. The molecule has 0 spiro atoms. The predicted molar refractivity (Wildman–Crippen MR) is 117 cm³/mol. The lowest BCUT2D eigenvalue weighted by Gasteiger charge is -2.23. The Morgan fingerprint density at radius 2 is 2.00 bits per heavy atom. The second-order valence-electron chi connectivity index (χ2n) is 8.12. The van der Waals surface area contributed by atoms with Crippen LogP contribution >= 0.6 is 0 Å². The first-order chi connectivity index (χ1) is 14.6. The summed E-state index contributed by atoms with van der Waals surface area (Å²) in [5.74, 6) is 3.42. The van der Waals surface area contributed by atoms with E-state index in [0.717, 1.165) is 53.9 Å². The Bertz CT molecular complexity index is 949. The van der Waals surface area contributed by atoms with Crippen molar-refractivity contribution in [3.05, 3.63) is 42.0 Å². The topological polar surface area (TPSA) is 74.1 Å². The van der Waals surface area contributed by atoms with Crippen molar-refractivity contribution in [2.45, 2.75) is 64.7 Å². The fourth-order valence-corrected chi connectivity index (χ4v) is 4.00. The van der Waals surface area contributed by atoms with Gasteiger partial charge in [0, 0.05) is 25.1 Å². The van der Waals surface area contributed by atoms with Crippen LogP contribution in [0.4, 0.5) is 5.82 Å². The molecule has 4 rings (SSSR count). The van der Waals surface area contributed by atoms with Crippen molar-refractivity contribution >= 4 is 5.82 Å². The minimum atomic E-state index is -0.375. The lowest BCUT2D eigenvalue weighted by Crippen LogP contribution is -2.18. The predicted octanol–water partition coefficient (Wildman–Crippen LogP) is 4.85. The highest BCUT2D eigenvalue weighted by Crippen LogP contribution is 2.33. The van der Waals surface area contributed by atoms with Crippen LogP contribution in [0, 0.1) is 0 Å². The summed E-state index contributed by atoms with van der Waals surface area (Å²) in [6.07, 6.45) is 6.47. The molecule has 2 heterocycles. The molecule has 1 N–H and O–H groups in total. The van der Waals surface area contributed by atoms with Gasteiger partial charge in [-0.1, -0.05) is 26.0 Å². The summed E-state index contributed by atoms with van der Waals surface area (Å²) in [5, 5.41) is 3.29. The van der Waals surface area contributed by atoms with Gasteiger partial charge in [-0.15, -0.1) is 0 Å². The minimum Gasteiger partial charge on any atom is -0.490 e. The van der Waals surface area contributed by atoms with E-state index in [-0.39, 0.29) is 12.1 Å². The lowest BCUT2D eigenvalue weighted by molar-refractivity contribution is 0.0776. The summed E-state index contributed by atoms with van der Waals surface area (Å²) in [5.41, 5.74) is 1.76. The van der Waals surface area contributed by atoms with Gasteiger partial charge < -0.3 is 14.8 Å². The van der Waals surface area contributed by atoms with Crippen molar-refractivity contribution < 1.29 is 9.47 Å². The molecular weight excluding hydrogens is 378 g/mol. The molecule has 0 aromatic heterocycles. The molecule has 1 atom stereocenters. The van der Waals surface area contributed by atoms with Crippen LogP contribution in [0.25, 0.3) is 11.5 Å². The number of nitrogens with zero attached hydrogens (tertiary/aromatic N) is 4. The van der Waals surface area contributed by atoms with Gasteiger partial charge >= 0.3 is 0 Å². The quantitative estimate of drug-likeness (QED) is 0.573. The highest BCUT2D eigenvalue weighted by molar-refractivity contribution is 5.67. The molecule has 2 aliphatic heterocycles. The van der Waals surface area contributed by atoms with Gasteiger partial charge in [0.1, 0.15) is 17.9 Å². The van der Waals surface area contributed by atoms with Crippen LogP contribution in [0.5, 0.6) is 5.75 Å². The van der Waals surface area contributed by atoms with Crippen molar-refractivity contribution in [3.8, 4) is 17.3 Å². The molecule has 7 nitrogen and oxygen atoms in total. The first-order valence-electron chi connectivity index (χ1n) is 10.9. The van der Waals surface area contributed by atoms with E-state index < -0.39 is 0 Å². The highest BCUT2D eigenvalue weighted by Gasteiger charge is 2.26. The smallest absolute Gasteiger partial charge is 0.168 e. The second-order valence-corrected chi connectivity index (χ2v) is 8.12. The zero-order chi connectivity index (χ0) is 21.1. The molecule has 3 aliphatic rings. The Morgan fingerprint density at radius 3 is 2.70 bits per heavy atom. The van der Waals surface area contributed by atoms with Crippen LogP contribution in [0.2, 0.25) is 0 Å². The van der Waals surface area contributed by atoms with Gasteiger partial charge in [0.2, 0.25) is 0 Å². The molecule has 0 saturated heterocycles. The second kappa shape index (κ2) is 9.00. The van der Waals surface area contributed by atoms with Crippen molar-refractivity contribution in [3.63, 3.8) is 0 Å². The van der Waals surface area contributed by atoms with Gasteiger partial charge in [-0.05, 0) is 44.7 Å². The first kappa shape index (κ1) is 20.6. The first-order valence-corrected chi connectivity index (χ1v) is 10.9. The largest absolute Gasteiger partial charge is 0.490 e. The monoisotopic (exact) mass is 409 g/mol. The fraction of sp³-hybridized carbons (Fsp3) is 0.522. The summed E-state index contributed by atoms with van der Waals surface area (Å²) < 4.78 is 14.1. The highest BCUT2D eigenvalue weighted by atomic mass is 16.5. The molecule has 1 unspecified atom stereocenters. The summed E-state index contributed by atoms with van der Waals surface area (Å²) >= 11 is 0. The third-order valence-corrected chi connectivity index (χ3v) is 5.52. The molecule has 0 amide bonds. The van der Waals surface area contributed by atoms with E-state index >= 15 is 0 Å². The van der Waals surface area contributed by atoms with Crippen LogP contribution in [0.1, 0.15) is 70.0 Å². The molecule has 30 heavy (non-hydrogen) atoms. The Kier molecular flexibility index (Phi) is 6.18. The maximum absolute atomic E-state index is 6.20. The van der Waals surface area contributed by atoms with E-state index in [2.05, 4.69) is 30.2 Å². The van der Waals surface area contributed by atoms with E-state index in [1.165, 1.54) is 12.8 Å². The average molecular weight is 410 g/mol. The summed E-state index contributed by atoms with van der Waals surface area (Å²) in [6.45, 7) is 7.00. The van der Waals surface area contributed by atoms with E-state index in [9.17, 15) is 0 Å². The minimum absolute atomic E-state index is 0.226. The summed E-state index contributed by atoms with van der Waals surface area (Å²) in [7, 11) is 1.70. The Balaban J connectivity index is 1.71. The molecule has 1 aliphatic carbocycles. The van der Waals surface area contributed by atoms with Crippen LogP contribution in [-0.2, 0) is 4.74 Å². The van der Waals surface area contributed by atoms with Crippen LogP contribution in [0.3, 0.4) is 0 Å². The van der Waals surface area contributed by atoms with Gasteiger partial charge in [-0.25, -0.2) is 15.0 Å². The standard InChI is InChI=1S/C23H31N5O2/c1-5-24-21-19-22(27-20(26-19)15(2)3)28(14-25-21)23(29-4)16-9-8-12-18(13-16)30-17-10-6-7-11-17/h8-9,12-15,17,23-24H,5-7,10-11H2,1-4H3. The van der Waals surface area contributed by atoms with Crippen LogP contribution in [0.15, 0.2) is 30.6 Å². The van der Waals surface area contributed by atoms with Crippen molar-refractivity contribution in [1.82, 2.24) is 19.5 Å². The van der Waals surface area contributed by atoms with Gasteiger partial charge in [-0.3, -0.25) is 4.57 Å². The van der Waals surface area contributed by atoms with Gasteiger partial charge in [0.15, 0.2) is 23.6 Å². The molecule has 0 radical (unpaired) electrons. The van der Waals surface area contributed by atoms with Crippen LogP contribution in [-0.4, -0.2) is 39.3 Å². The Hall–Kier alpha value is -2.67. The fourth-order valence-electron chi connectivity index (χ4n) is 4.00. The van der Waals surface area contributed by atoms with Crippen molar-refractivity contribution in [2.75, 3.05) is 19.0 Å². The van der Waals surface area contributed by atoms with E-state index in [0.29, 0.717) is 6.10 Å². The summed E-state index contributed by atoms with van der Waals surface area (Å²) in [4.78, 5) is 14.2. The molecule has 1 fully saturated rings. The molecule has 160 valence electrons. The lowest BCUT2D eigenvalue weighted by atomic mass is 10.1. The number of imidazole rings is 1. The molecule has 7 heteroatoms. The third kappa shape index (κ3) is 4.12. The van der Waals surface area contributed by atoms with Crippen molar-refractivity contribution in [1.29, 1.82) is 0 Å². The number of benzene rings is 1. The Morgan fingerprint density at radius 1 is 1.20 bits per heavy atom. The normalized spacial score (nSPS) is 15.8. The molecular formula is C23H31N5O2. The average Bonchev–Trinajstić information content (AvgIpc) is 3.41. The molecule has 1 saturated carbocycles. The van der Waals surface area contributed by atoms with Gasteiger partial charge in [0.05, 0.1) is 6.10 Å².